The molecule has 0 nitrogen and oxygen atoms in total. The highest BCUT2D eigenvalue weighted by Crippen LogP contribution is 2.26. The monoisotopic (exact) mass is 266 g/mol. The van der Waals surface area contributed by atoms with E-state index in [0.717, 1.165) is 11.8 Å². The number of hydrogen-bond acceptors (Lipinski definition) is 0. The van der Waals surface area contributed by atoms with Crippen LogP contribution in [0.4, 0.5) is 0 Å². The molecule has 0 saturated heterocycles. The first kappa shape index (κ1) is 12.5. The summed E-state index contributed by atoms with van der Waals surface area (Å²) in [7, 11) is 0. The van der Waals surface area contributed by atoms with Crippen LogP contribution in [0.5, 0.6) is 0 Å². The van der Waals surface area contributed by atoms with Crippen molar-refractivity contribution in [3.8, 4) is 0 Å². The zero-order valence-corrected chi connectivity index (χ0v) is 11.4. The van der Waals surface area contributed by atoms with Gasteiger partial charge < -0.3 is 0 Å². The van der Waals surface area contributed by atoms with Gasteiger partial charge in [-0.15, -0.1) is 6.58 Å². The van der Waals surface area contributed by atoms with E-state index in [0.29, 0.717) is 0 Å². The van der Waals surface area contributed by atoms with Gasteiger partial charge in [-0.25, -0.2) is 0 Å². The Labute approximate surface area is 102 Å². The summed E-state index contributed by atoms with van der Waals surface area (Å²) in [6.07, 6.45) is 3.08. The molecule has 0 aliphatic carbocycles. The predicted molar refractivity (Wildman–Crippen MR) is 71.7 cm³/mol. The van der Waals surface area contributed by atoms with Crippen LogP contribution in [0.2, 0.25) is 0 Å². The van der Waals surface area contributed by atoms with Crippen LogP contribution >= 0.6 is 15.9 Å². The second-order valence-electron chi connectivity index (χ2n) is 4.59. The maximum absolute atomic E-state index is 3.91. The number of benzene rings is 1. The second kappa shape index (κ2) is 4.98. The Hall–Kier alpha value is -0.560. The minimum Gasteiger partial charge on any atom is -0.102 e. The van der Waals surface area contributed by atoms with Crippen LogP contribution in [0.1, 0.15) is 23.6 Å². The van der Waals surface area contributed by atoms with Gasteiger partial charge in [0.15, 0.2) is 0 Å². The molecule has 1 atom stereocenters. The predicted octanol–water partition coefficient (Wildman–Crippen LogP) is 4.43. The van der Waals surface area contributed by atoms with Gasteiger partial charge in [0.1, 0.15) is 0 Å². The molecule has 0 spiro atoms. The summed E-state index contributed by atoms with van der Waals surface area (Å²) in [5.41, 5.74) is 4.27. The Morgan fingerprint density at radius 3 is 2.47 bits per heavy atom. The molecule has 0 aromatic heterocycles. The SMILES string of the molecule is C=CC(C)(CBr)Cc1ccc(C)c(C)c1. The molecule has 1 heteroatoms. The highest BCUT2D eigenvalue weighted by molar-refractivity contribution is 9.09. The average molecular weight is 267 g/mol. The largest absolute Gasteiger partial charge is 0.102 e. The van der Waals surface area contributed by atoms with Crippen molar-refractivity contribution in [1.29, 1.82) is 0 Å². The van der Waals surface area contributed by atoms with Gasteiger partial charge in [0.2, 0.25) is 0 Å². The Morgan fingerprint density at radius 1 is 1.33 bits per heavy atom. The summed E-state index contributed by atoms with van der Waals surface area (Å²) in [5.74, 6) is 0. The topological polar surface area (TPSA) is 0 Å². The van der Waals surface area contributed by atoms with E-state index in [4.69, 9.17) is 0 Å². The molecule has 1 aromatic carbocycles. The smallest absolute Gasteiger partial charge is 0.0123 e. The fraction of sp³-hybridized carbons (Fsp3) is 0.429. The molecular formula is C14H19Br. The normalized spacial score (nSPS) is 14.7. The number of hydrogen-bond donors (Lipinski definition) is 0. The van der Waals surface area contributed by atoms with E-state index in [-0.39, 0.29) is 5.41 Å². The maximum atomic E-state index is 3.91. The van der Waals surface area contributed by atoms with Crippen LogP contribution in [0.15, 0.2) is 30.9 Å². The van der Waals surface area contributed by atoms with E-state index < -0.39 is 0 Å². The lowest BCUT2D eigenvalue weighted by atomic mass is 9.85. The van der Waals surface area contributed by atoms with Crippen molar-refractivity contribution in [2.75, 3.05) is 5.33 Å². The number of rotatable bonds is 4. The van der Waals surface area contributed by atoms with Crippen molar-refractivity contribution < 1.29 is 0 Å². The van der Waals surface area contributed by atoms with Gasteiger partial charge in [0.05, 0.1) is 0 Å². The lowest BCUT2D eigenvalue weighted by molar-refractivity contribution is 0.493. The van der Waals surface area contributed by atoms with Gasteiger partial charge in [-0.3, -0.25) is 0 Å². The minimum atomic E-state index is 0.154. The number of alkyl halides is 1. The van der Waals surface area contributed by atoms with Crippen molar-refractivity contribution in [3.63, 3.8) is 0 Å². The van der Waals surface area contributed by atoms with Gasteiger partial charge in [0.25, 0.3) is 0 Å². The van der Waals surface area contributed by atoms with Gasteiger partial charge in [0, 0.05) is 5.33 Å². The lowest BCUT2D eigenvalue weighted by Crippen LogP contribution is -2.18. The van der Waals surface area contributed by atoms with Gasteiger partial charge in [-0.1, -0.05) is 47.1 Å². The first-order valence-corrected chi connectivity index (χ1v) is 6.38. The maximum Gasteiger partial charge on any atom is 0.0123 e. The highest BCUT2D eigenvalue weighted by atomic mass is 79.9. The highest BCUT2D eigenvalue weighted by Gasteiger charge is 2.19. The van der Waals surface area contributed by atoms with Crippen LogP contribution in [-0.4, -0.2) is 5.33 Å². The van der Waals surface area contributed by atoms with Crippen LogP contribution in [0.25, 0.3) is 0 Å². The Kier molecular flexibility index (Phi) is 4.15. The van der Waals surface area contributed by atoms with E-state index in [2.05, 4.69) is 61.5 Å². The van der Waals surface area contributed by atoms with Crippen LogP contribution in [0.3, 0.4) is 0 Å². The fourth-order valence-corrected chi connectivity index (χ4v) is 1.98. The molecule has 0 amide bonds. The molecule has 1 aromatic rings. The molecule has 0 bridgehead atoms. The van der Waals surface area contributed by atoms with E-state index >= 15 is 0 Å². The summed E-state index contributed by atoms with van der Waals surface area (Å²) >= 11 is 3.55. The summed E-state index contributed by atoms with van der Waals surface area (Å²) in [6, 6.07) is 6.69. The second-order valence-corrected chi connectivity index (χ2v) is 5.15. The molecule has 82 valence electrons. The molecule has 0 saturated carbocycles. The molecule has 1 rings (SSSR count). The summed E-state index contributed by atoms with van der Waals surface area (Å²) in [5, 5.41) is 0.955. The molecule has 1 unspecified atom stereocenters. The average Bonchev–Trinajstić information content (AvgIpc) is 2.23. The van der Waals surface area contributed by atoms with Crippen molar-refractivity contribution >= 4 is 15.9 Å². The zero-order chi connectivity index (χ0) is 11.5. The van der Waals surface area contributed by atoms with E-state index in [1.807, 2.05) is 6.08 Å². The molecule has 0 aliphatic rings. The standard InChI is InChI=1S/C14H19Br/c1-5-14(4,10-15)9-13-7-6-11(2)12(3)8-13/h5-8H,1,9-10H2,2-4H3. The van der Waals surface area contributed by atoms with E-state index in [1.165, 1.54) is 16.7 Å². The number of halogens is 1. The van der Waals surface area contributed by atoms with E-state index in [1.54, 1.807) is 0 Å². The summed E-state index contributed by atoms with van der Waals surface area (Å²) < 4.78 is 0. The number of allylic oxidation sites excluding steroid dienone is 1. The fourth-order valence-electron chi connectivity index (χ4n) is 1.55. The van der Waals surface area contributed by atoms with Crippen molar-refractivity contribution in [2.45, 2.75) is 27.2 Å². The molecule has 0 N–H and O–H groups in total. The Bertz CT molecular complexity index is 354. The Morgan fingerprint density at radius 2 is 2.00 bits per heavy atom. The summed E-state index contributed by atoms with van der Waals surface area (Å²) in [4.78, 5) is 0. The van der Waals surface area contributed by atoms with Crippen LogP contribution in [0, 0.1) is 19.3 Å². The Balaban J connectivity index is 2.89. The molecular weight excluding hydrogens is 248 g/mol. The zero-order valence-electron chi connectivity index (χ0n) is 9.81. The third-order valence-corrected chi connectivity index (χ3v) is 4.26. The van der Waals surface area contributed by atoms with Crippen molar-refractivity contribution in [3.05, 3.63) is 47.5 Å². The van der Waals surface area contributed by atoms with Gasteiger partial charge in [-0.2, -0.15) is 0 Å². The van der Waals surface area contributed by atoms with Gasteiger partial charge in [-0.05, 0) is 42.4 Å². The van der Waals surface area contributed by atoms with Gasteiger partial charge >= 0.3 is 0 Å². The van der Waals surface area contributed by atoms with Crippen LogP contribution < -0.4 is 0 Å². The molecule has 0 aliphatic heterocycles. The van der Waals surface area contributed by atoms with Crippen LogP contribution in [-0.2, 0) is 6.42 Å². The lowest BCUT2D eigenvalue weighted by Gasteiger charge is -2.23. The third kappa shape index (κ3) is 3.20. The third-order valence-electron chi connectivity index (χ3n) is 2.98. The summed E-state index contributed by atoms with van der Waals surface area (Å²) in [6.45, 7) is 10.4. The van der Waals surface area contributed by atoms with Crippen molar-refractivity contribution in [2.24, 2.45) is 5.41 Å². The molecule has 0 heterocycles. The number of aryl methyl sites for hydroxylation is 2. The molecule has 15 heavy (non-hydrogen) atoms. The first-order chi connectivity index (χ1) is 7.00. The van der Waals surface area contributed by atoms with E-state index in [9.17, 15) is 0 Å². The minimum absolute atomic E-state index is 0.154. The first-order valence-electron chi connectivity index (χ1n) is 5.26. The molecule has 0 fully saturated rings. The quantitative estimate of drug-likeness (QED) is 0.559. The molecule has 0 radical (unpaired) electrons. The van der Waals surface area contributed by atoms with Crippen molar-refractivity contribution in [1.82, 2.24) is 0 Å².